The first-order chi connectivity index (χ1) is 11.5. The van der Waals surface area contributed by atoms with E-state index < -0.39 is 5.97 Å². The summed E-state index contributed by atoms with van der Waals surface area (Å²) in [6.07, 6.45) is 1.86. The van der Waals surface area contributed by atoms with Gasteiger partial charge in [0.25, 0.3) is 0 Å². The second-order valence-electron chi connectivity index (χ2n) is 5.51. The number of hydrogen-bond donors (Lipinski definition) is 1. The fraction of sp³-hybridized carbons (Fsp3) is 0.278. The number of benzene rings is 1. The van der Waals surface area contributed by atoms with Gasteiger partial charge in [-0.05, 0) is 37.1 Å². The summed E-state index contributed by atoms with van der Waals surface area (Å²) in [6, 6.07) is 6.91. The van der Waals surface area contributed by atoms with Crippen LogP contribution in [0.5, 0.6) is 0 Å². The van der Waals surface area contributed by atoms with Crippen molar-refractivity contribution in [1.82, 2.24) is 4.98 Å². The molecule has 0 amide bonds. The van der Waals surface area contributed by atoms with Gasteiger partial charge in [0.05, 0.1) is 17.4 Å². The second-order valence-corrected chi connectivity index (χ2v) is 5.51. The van der Waals surface area contributed by atoms with Crippen LogP contribution in [0.2, 0.25) is 0 Å². The van der Waals surface area contributed by atoms with Crippen LogP contribution in [0.15, 0.2) is 33.5 Å². The van der Waals surface area contributed by atoms with Crippen molar-refractivity contribution < 1.29 is 13.9 Å². The zero-order valence-electron chi connectivity index (χ0n) is 13.6. The number of hydrogen-bond acceptors (Lipinski definition) is 6. The number of fused-ring (bicyclic) bond motifs is 2. The summed E-state index contributed by atoms with van der Waals surface area (Å²) in [5, 5.41) is 0.684. The lowest BCUT2D eigenvalue weighted by Gasteiger charge is -2.07. The number of rotatable bonds is 4. The summed E-state index contributed by atoms with van der Waals surface area (Å²) in [4.78, 5) is 28.8. The number of nitrogen functional groups attached to an aromatic ring is 1. The van der Waals surface area contributed by atoms with E-state index in [-0.39, 0.29) is 34.5 Å². The zero-order chi connectivity index (χ0) is 17.3. The van der Waals surface area contributed by atoms with Crippen LogP contribution >= 0.6 is 0 Å². The fourth-order valence-corrected chi connectivity index (χ4v) is 2.66. The van der Waals surface area contributed by atoms with Gasteiger partial charge in [-0.25, -0.2) is 4.79 Å². The van der Waals surface area contributed by atoms with Crippen LogP contribution in [0, 0.1) is 0 Å². The molecule has 1 aromatic carbocycles. The van der Waals surface area contributed by atoms with Gasteiger partial charge < -0.3 is 14.9 Å². The standard InChI is InChI=1S/C18H18N2O4/c1-3-5-10-6-7-14-11(8-10)15(21)12-9-13(18(22)23-4-2)16(19)20-17(12)24-14/h6-9H,3-5H2,1-2H3,(H2,19,20). The first kappa shape index (κ1) is 16.0. The van der Waals surface area contributed by atoms with Gasteiger partial charge in [-0.1, -0.05) is 19.4 Å². The Morgan fingerprint density at radius 3 is 2.75 bits per heavy atom. The van der Waals surface area contributed by atoms with Gasteiger partial charge in [0.15, 0.2) is 0 Å². The Labute approximate surface area is 138 Å². The molecule has 0 saturated heterocycles. The van der Waals surface area contributed by atoms with Crippen molar-refractivity contribution >= 4 is 33.9 Å². The average Bonchev–Trinajstić information content (AvgIpc) is 2.55. The number of carbonyl (C=O) groups is 1. The zero-order valence-corrected chi connectivity index (χ0v) is 13.6. The molecular formula is C18H18N2O4. The number of pyridine rings is 1. The van der Waals surface area contributed by atoms with E-state index in [0.717, 1.165) is 18.4 Å². The third kappa shape index (κ3) is 2.71. The molecule has 124 valence electrons. The molecule has 2 N–H and O–H groups in total. The average molecular weight is 326 g/mol. The van der Waals surface area contributed by atoms with E-state index in [2.05, 4.69) is 11.9 Å². The van der Waals surface area contributed by atoms with E-state index in [1.54, 1.807) is 13.0 Å². The van der Waals surface area contributed by atoms with E-state index in [0.29, 0.717) is 11.0 Å². The fourth-order valence-electron chi connectivity index (χ4n) is 2.66. The highest BCUT2D eigenvalue weighted by atomic mass is 16.5. The van der Waals surface area contributed by atoms with Gasteiger partial charge in [0.2, 0.25) is 11.1 Å². The molecule has 0 bridgehead atoms. The minimum absolute atomic E-state index is 0.0222. The van der Waals surface area contributed by atoms with Crippen molar-refractivity contribution in [3.05, 3.63) is 45.6 Å². The van der Waals surface area contributed by atoms with E-state index in [1.807, 2.05) is 12.1 Å². The number of esters is 1. The number of aryl methyl sites for hydroxylation is 1. The van der Waals surface area contributed by atoms with Crippen molar-refractivity contribution in [1.29, 1.82) is 0 Å². The number of carbonyl (C=O) groups excluding carboxylic acids is 1. The molecule has 0 saturated carbocycles. The minimum atomic E-state index is -0.608. The van der Waals surface area contributed by atoms with E-state index in [1.165, 1.54) is 6.07 Å². The predicted molar refractivity (Wildman–Crippen MR) is 92.1 cm³/mol. The number of anilines is 1. The molecule has 2 heterocycles. The molecule has 0 aliphatic carbocycles. The quantitative estimate of drug-likeness (QED) is 0.585. The molecule has 24 heavy (non-hydrogen) atoms. The first-order valence-corrected chi connectivity index (χ1v) is 7.88. The monoisotopic (exact) mass is 326 g/mol. The Morgan fingerprint density at radius 1 is 1.25 bits per heavy atom. The van der Waals surface area contributed by atoms with Crippen LogP contribution < -0.4 is 11.2 Å². The molecule has 0 unspecified atom stereocenters. The summed E-state index contributed by atoms with van der Waals surface area (Å²) in [7, 11) is 0. The lowest BCUT2D eigenvalue weighted by Crippen LogP contribution is -2.12. The van der Waals surface area contributed by atoms with Crippen LogP contribution in [0.3, 0.4) is 0 Å². The molecule has 3 aromatic rings. The van der Waals surface area contributed by atoms with Crippen molar-refractivity contribution in [2.45, 2.75) is 26.7 Å². The van der Waals surface area contributed by atoms with Gasteiger partial charge in [-0.3, -0.25) is 4.79 Å². The Hall–Kier alpha value is -2.89. The van der Waals surface area contributed by atoms with Gasteiger partial charge in [0, 0.05) is 0 Å². The Kier molecular flexibility index (Phi) is 4.20. The minimum Gasteiger partial charge on any atom is -0.462 e. The molecule has 2 aromatic heterocycles. The molecule has 6 nitrogen and oxygen atoms in total. The molecule has 6 heteroatoms. The lowest BCUT2D eigenvalue weighted by molar-refractivity contribution is 0.0527. The van der Waals surface area contributed by atoms with Gasteiger partial charge in [-0.15, -0.1) is 0 Å². The molecular weight excluding hydrogens is 308 g/mol. The summed E-state index contributed by atoms with van der Waals surface area (Å²) in [5.41, 5.74) is 7.26. The smallest absolute Gasteiger partial charge is 0.341 e. The summed E-state index contributed by atoms with van der Waals surface area (Å²) >= 11 is 0. The highest BCUT2D eigenvalue weighted by Gasteiger charge is 2.17. The predicted octanol–water partition coefficient (Wildman–Crippen LogP) is 3.05. The Bertz CT molecular complexity index is 992. The normalized spacial score (nSPS) is 11.1. The number of aromatic nitrogens is 1. The summed E-state index contributed by atoms with van der Waals surface area (Å²) in [5.74, 6) is -0.630. The molecule has 0 atom stereocenters. The van der Waals surface area contributed by atoms with Gasteiger partial charge >= 0.3 is 5.97 Å². The maximum absolute atomic E-state index is 12.8. The van der Waals surface area contributed by atoms with Crippen molar-refractivity contribution in [3.63, 3.8) is 0 Å². The first-order valence-electron chi connectivity index (χ1n) is 7.88. The summed E-state index contributed by atoms with van der Waals surface area (Å²) < 4.78 is 10.6. The number of nitrogens with zero attached hydrogens (tertiary/aromatic N) is 1. The van der Waals surface area contributed by atoms with Crippen molar-refractivity contribution in [3.8, 4) is 0 Å². The van der Waals surface area contributed by atoms with Gasteiger partial charge in [-0.2, -0.15) is 4.98 Å². The third-order valence-electron chi connectivity index (χ3n) is 3.79. The van der Waals surface area contributed by atoms with Crippen molar-refractivity contribution in [2.24, 2.45) is 0 Å². The maximum Gasteiger partial charge on any atom is 0.341 e. The topological polar surface area (TPSA) is 95.4 Å². The molecule has 0 spiro atoms. The number of nitrogens with two attached hydrogens (primary N) is 1. The molecule has 0 aliphatic heterocycles. The van der Waals surface area contributed by atoms with Crippen LogP contribution in [0.1, 0.15) is 36.2 Å². The second kappa shape index (κ2) is 6.31. The third-order valence-corrected chi connectivity index (χ3v) is 3.79. The van der Waals surface area contributed by atoms with Crippen LogP contribution in [-0.4, -0.2) is 17.6 Å². The summed E-state index contributed by atoms with van der Waals surface area (Å²) in [6.45, 7) is 3.98. The highest BCUT2D eigenvalue weighted by molar-refractivity contribution is 5.99. The Balaban J connectivity index is 2.27. The maximum atomic E-state index is 12.8. The molecule has 0 aliphatic rings. The lowest BCUT2D eigenvalue weighted by atomic mass is 10.1. The van der Waals surface area contributed by atoms with E-state index in [9.17, 15) is 9.59 Å². The van der Waals surface area contributed by atoms with Gasteiger partial charge in [0.1, 0.15) is 17.0 Å². The van der Waals surface area contributed by atoms with Crippen LogP contribution in [-0.2, 0) is 11.2 Å². The van der Waals surface area contributed by atoms with Crippen LogP contribution in [0.4, 0.5) is 5.82 Å². The highest BCUT2D eigenvalue weighted by Crippen LogP contribution is 2.22. The van der Waals surface area contributed by atoms with E-state index >= 15 is 0 Å². The molecule has 0 fully saturated rings. The molecule has 3 rings (SSSR count). The SMILES string of the molecule is CCCc1ccc2oc3nc(N)c(C(=O)OCC)cc3c(=O)c2c1. The van der Waals surface area contributed by atoms with Crippen molar-refractivity contribution in [2.75, 3.05) is 12.3 Å². The van der Waals surface area contributed by atoms with E-state index in [4.69, 9.17) is 14.9 Å². The number of ether oxygens (including phenoxy) is 1. The Morgan fingerprint density at radius 2 is 2.04 bits per heavy atom. The molecule has 0 radical (unpaired) electrons. The van der Waals surface area contributed by atoms with Crippen LogP contribution in [0.25, 0.3) is 22.1 Å². The largest absolute Gasteiger partial charge is 0.462 e.